The van der Waals surface area contributed by atoms with Gasteiger partial charge in [0, 0.05) is 41.3 Å². The molecule has 2 N–H and O–H groups in total. The molecule has 5 heteroatoms. The van der Waals surface area contributed by atoms with Gasteiger partial charge in [0.15, 0.2) is 0 Å². The van der Waals surface area contributed by atoms with E-state index in [1.165, 1.54) is 0 Å². The SMILES string of the molecule is CC(CCO)NC(c1cc(Cl)ccc1Cl)C1CCOC1. The molecule has 1 heterocycles. The summed E-state index contributed by atoms with van der Waals surface area (Å²) in [5.74, 6) is 0.382. The molecule has 0 aliphatic carbocycles. The number of hydrogen-bond donors (Lipinski definition) is 2. The van der Waals surface area contributed by atoms with Crippen molar-refractivity contribution >= 4 is 23.2 Å². The molecular formula is C15H21Cl2NO2. The van der Waals surface area contributed by atoms with Gasteiger partial charge in [-0.25, -0.2) is 0 Å². The van der Waals surface area contributed by atoms with Crippen LogP contribution in [0.1, 0.15) is 31.4 Å². The van der Waals surface area contributed by atoms with Gasteiger partial charge in [0.1, 0.15) is 0 Å². The molecule has 3 atom stereocenters. The Morgan fingerprint density at radius 2 is 2.25 bits per heavy atom. The molecule has 0 bridgehead atoms. The maximum absolute atomic E-state index is 9.07. The Kier molecular flexibility index (Phi) is 6.12. The van der Waals surface area contributed by atoms with Crippen molar-refractivity contribution in [2.24, 2.45) is 5.92 Å². The van der Waals surface area contributed by atoms with Crippen LogP contribution in [0.2, 0.25) is 10.0 Å². The topological polar surface area (TPSA) is 41.5 Å². The van der Waals surface area contributed by atoms with Crippen molar-refractivity contribution in [2.45, 2.75) is 31.8 Å². The summed E-state index contributed by atoms with van der Waals surface area (Å²) in [6.07, 6.45) is 1.72. The highest BCUT2D eigenvalue weighted by molar-refractivity contribution is 6.33. The molecule has 1 aromatic rings. The largest absolute Gasteiger partial charge is 0.396 e. The standard InChI is InChI=1S/C15H21Cl2NO2/c1-10(4-6-19)18-15(11-5-7-20-9-11)13-8-12(16)2-3-14(13)17/h2-3,8,10-11,15,18-19H,4-7,9H2,1H3. The van der Waals surface area contributed by atoms with E-state index < -0.39 is 0 Å². The summed E-state index contributed by atoms with van der Waals surface area (Å²) in [6.45, 7) is 3.75. The molecule has 1 aliphatic heterocycles. The molecule has 1 fully saturated rings. The van der Waals surface area contributed by atoms with Gasteiger partial charge < -0.3 is 15.2 Å². The molecule has 112 valence electrons. The van der Waals surface area contributed by atoms with Gasteiger partial charge in [-0.3, -0.25) is 0 Å². The lowest BCUT2D eigenvalue weighted by Gasteiger charge is -2.28. The van der Waals surface area contributed by atoms with Crippen LogP contribution in [0.3, 0.4) is 0 Å². The number of aliphatic hydroxyl groups is 1. The van der Waals surface area contributed by atoms with Gasteiger partial charge in [0.25, 0.3) is 0 Å². The van der Waals surface area contributed by atoms with E-state index >= 15 is 0 Å². The van der Waals surface area contributed by atoms with Gasteiger partial charge in [-0.15, -0.1) is 0 Å². The van der Waals surface area contributed by atoms with Crippen LogP contribution >= 0.6 is 23.2 Å². The first-order valence-electron chi connectivity index (χ1n) is 7.01. The minimum Gasteiger partial charge on any atom is -0.396 e. The maximum atomic E-state index is 9.07. The number of benzene rings is 1. The third kappa shape index (κ3) is 4.09. The van der Waals surface area contributed by atoms with Crippen molar-refractivity contribution in [3.8, 4) is 0 Å². The van der Waals surface area contributed by atoms with E-state index in [4.69, 9.17) is 33.0 Å². The Labute approximate surface area is 130 Å². The molecule has 2 rings (SSSR count). The summed E-state index contributed by atoms with van der Waals surface area (Å²) >= 11 is 12.4. The number of halogens is 2. The van der Waals surface area contributed by atoms with Crippen LogP contribution < -0.4 is 5.32 Å². The minimum absolute atomic E-state index is 0.102. The second-order valence-electron chi connectivity index (χ2n) is 5.35. The fourth-order valence-electron chi connectivity index (χ4n) is 2.63. The van der Waals surface area contributed by atoms with E-state index in [1.807, 2.05) is 12.1 Å². The van der Waals surface area contributed by atoms with Crippen LogP contribution in [0.15, 0.2) is 18.2 Å². The molecule has 1 aromatic carbocycles. The Bertz CT molecular complexity index is 436. The lowest BCUT2D eigenvalue weighted by Crippen LogP contribution is -2.36. The zero-order chi connectivity index (χ0) is 14.5. The summed E-state index contributed by atoms with van der Waals surface area (Å²) in [7, 11) is 0. The molecule has 0 saturated carbocycles. The predicted molar refractivity (Wildman–Crippen MR) is 82.4 cm³/mol. The first kappa shape index (κ1) is 16.1. The molecular weight excluding hydrogens is 297 g/mol. The van der Waals surface area contributed by atoms with Gasteiger partial charge >= 0.3 is 0 Å². The molecule has 0 spiro atoms. The maximum Gasteiger partial charge on any atom is 0.0513 e. The van der Waals surface area contributed by atoms with Gasteiger partial charge in [0.2, 0.25) is 0 Å². The van der Waals surface area contributed by atoms with Crippen molar-refractivity contribution in [3.63, 3.8) is 0 Å². The van der Waals surface area contributed by atoms with E-state index in [0.29, 0.717) is 17.4 Å². The monoisotopic (exact) mass is 317 g/mol. The van der Waals surface area contributed by atoms with Crippen LogP contribution in [0, 0.1) is 5.92 Å². The second kappa shape index (κ2) is 7.62. The second-order valence-corrected chi connectivity index (χ2v) is 6.19. The van der Waals surface area contributed by atoms with Gasteiger partial charge in [-0.1, -0.05) is 23.2 Å². The molecule has 1 aliphatic rings. The molecule has 20 heavy (non-hydrogen) atoms. The van der Waals surface area contributed by atoms with Crippen molar-refractivity contribution in [3.05, 3.63) is 33.8 Å². The Hall–Kier alpha value is -0.320. The first-order chi connectivity index (χ1) is 9.61. The normalized spacial score (nSPS) is 21.9. The van der Waals surface area contributed by atoms with Crippen LogP contribution in [-0.2, 0) is 4.74 Å². The van der Waals surface area contributed by atoms with E-state index in [-0.39, 0.29) is 18.7 Å². The fourth-order valence-corrected chi connectivity index (χ4v) is 3.05. The molecule has 0 amide bonds. The highest BCUT2D eigenvalue weighted by Gasteiger charge is 2.29. The Morgan fingerprint density at radius 1 is 1.45 bits per heavy atom. The lowest BCUT2D eigenvalue weighted by atomic mass is 9.91. The summed E-state index contributed by atoms with van der Waals surface area (Å²) < 4.78 is 5.51. The van der Waals surface area contributed by atoms with E-state index in [2.05, 4.69) is 12.2 Å². The molecule has 3 unspecified atom stereocenters. The minimum atomic E-state index is 0.102. The zero-order valence-electron chi connectivity index (χ0n) is 11.6. The third-order valence-corrected chi connectivity index (χ3v) is 4.33. The number of aliphatic hydroxyl groups excluding tert-OH is 1. The predicted octanol–water partition coefficient (Wildman–Crippen LogP) is 3.43. The lowest BCUT2D eigenvalue weighted by molar-refractivity contribution is 0.173. The zero-order valence-corrected chi connectivity index (χ0v) is 13.1. The van der Waals surface area contributed by atoms with E-state index in [0.717, 1.165) is 30.2 Å². The summed E-state index contributed by atoms with van der Waals surface area (Å²) in [5.41, 5.74) is 1.01. The van der Waals surface area contributed by atoms with Crippen LogP contribution in [0.5, 0.6) is 0 Å². The van der Waals surface area contributed by atoms with Gasteiger partial charge in [0.05, 0.1) is 6.61 Å². The summed E-state index contributed by atoms with van der Waals surface area (Å²) in [6, 6.07) is 5.87. The van der Waals surface area contributed by atoms with Crippen molar-refractivity contribution < 1.29 is 9.84 Å². The highest BCUT2D eigenvalue weighted by Crippen LogP contribution is 2.35. The fraction of sp³-hybridized carbons (Fsp3) is 0.600. The average molecular weight is 318 g/mol. The summed E-state index contributed by atoms with van der Waals surface area (Å²) in [5, 5.41) is 14.0. The molecule has 3 nitrogen and oxygen atoms in total. The number of rotatable bonds is 6. The van der Waals surface area contributed by atoms with E-state index in [9.17, 15) is 0 Å². The van der Waals surface area contributed by atoms with Crippen LogP contribution in [0.25, 0.3) is 0 Å². The third-order valence-electron chi connectivity index (χ3n) is 3.76. The molecule has 1 saturated heterocycles. The van der Waals surface area contributed by atoms with Crippen molar-refractivity contribution in [1.29, 1.82) is 0 Å². The molecule has 0 aromatic heterocycles. The number of hydrogen-bond acceptors (Lipinski definition) is 3. The number of nitrogens with one attached hydrogen (secondary N) is 1. The van der Waals surface area contributed by atoms with Gasteiger partial charge in [-0.2, -0.15) is 0 Å². The first-order valence-corrected chi connectivity index (χ1v) is 7.77. The van der Waals surface area contributed by atoms with Crippen molar-refractivity contribution in [2.75, 3.05) is 19.8 Å². The number of ether oxygens (including phenoxy) is 1. The van der Waals surface area contributed by atoms with E-state index in [1.54, 1.807) is 6.07 Å². The Balaban J connectivity index is 2.22. The van der Waals surface area contributed by atoms with Gasteiger partial charge in [-0.05, 0) is 43.5 Å². The average Bonchev–Trinajstić information content (AvgIpc) is 2.93. The highest BCUT2D eigenvalue weighted by atomic mass is 35.5. The smallest absolute Gasteiger partial charge is 0.0513 e. The van der Waals surface area contributed by atoms with Crippen LogP contribution in [-0.4, -0.2) is 31.0 Å². The molecule has 0 radical (unpaired) electrons. The quantitative estimate of drug-likeness (QED) is 0.844. The van der Waals surface area contributed by atoms with Crippen LogP contribution in [0.4, 0.5) is 0 Å². The Morgan fingerprint density at radius 3 is 2.90 bits per heavy atom. The van der Waals surface area contributed by atoms with Crippen molar-refractivity contribution in [1.82, 2.24) is 5.32 Å². The summed E-state index contributed by atoms with van der Waals surface area (Å²) in [4.78, 5) is 0.